The molecular weight excluding hydrogens is 380 g/mol. The van der Waals surface area contributed by atoms with Crippen molar-refractivity contribution in [1.29, 1.82) is 0 Å². The van der Waals surface area contributed by atoms with Gasteiger partial charge in [-0.15, -0.1) is 0 Å². The Morgan fingerprint density at radius 2 is 2.17 bits per heavy atom. The summed E-state index contributed by atoms with van der Waals surface area (Å²) in [5.74, 6) is 0. The van der Waals surface area contributed by atoms with Gasteiger partial charge in [0.25, 0.3) is 0 Å². The Labute approximate surface area is 133 Å². The van der Waals surface area contributed by atoms with Gasteiger partial charge in [-0.3, -0.25) is 0 Å². The van der Waals surface area contributed by atoms with Gasteiger partial charge in [0.2, 0.25) is 0 Å². The molecule has 0 saturated heterocycles. The first-order valence-corrected chi connectivity index (χ1v) is 8.37. The van der Waals surface area contributed by atoms with Gasteiger partial charge in [0.1, 0.15) is 0 Å². The van der Waals surface area contributed by atoms with Crippen molar-refractivity contribution in [3.63, 3.8) is 0 Å². The molecule has 0 radical (unpaired) electrons. The molecule has 0 amide bonds. The van der Waals surface area contributed by atoms with Crippen molar-refractivity contribution in [2.75, 3.05) is 0 Å². The van der Waals surface area contributed by atoms with Gasteiger partial charge in [0.05, 0.1) is 10.0 Å². The maximum Gasteiger partial charge on any atom is 0.0595 e. The molecule has 1 aromatic rings. The van der Waals surface area contributed by atoms with E-state index in [1.165, 1.54) is 12.0 Å². The van der Waals surface area contributed by atoms with Crippen LogP contribution in [-0.2, 0) is 5.41 Å². The molecule has 1 aromatic carbocycles. The topological polar surface area (TPSA) is 26.0 Å². The highest BCUT2D eigenvalue weighted by Crippen LogP contribution is 2.51. The second-order valence-electron chi connectivity index (χ2n) is 5.07. The van der Waals surface area contributed by atoms with Crippen molar-refractivity contribution < 1.29 is 0 Å². The van der Waals surface area contributed by atoms with Crippen LogP contribution in [0.5, 0.6) is 0 Å². The van der Waals surface area contributed by atoms with Crippen LogP contribution in [0.15, 0.2) is 18.2 Å². The lowest BCUT2D eigenvalue weighted by atomic mass is 9.59. The van der Waals surface area contributed by atoms with Crippen molar-refractivity contribution in [3.05, 3.63) is 33.8 Å². The first-order chi connectivity index (χ1) is 8.52. The third-order valence-corrected chi connectivity index (χ3v) is 6.56. The molecule has 0 spiro atoms. The molecule has 3 unspecified atom stereocenters. The minimum absolute atomic E-state index is 0.0881. The van der Waals surface area contributed by atoms with Crippen LogP contribution in [-0.4, -0.2) is 9.97 Å². The first kappa shape index (κ1) is 14.9. The van der Waals surface area contributed by atoms with Crippen LogP contribution in [0.4, 0.5) is 0 Å². The van der Waals surface area contributed by atoms with E-state index in [1.807, 2.05) is 12.1 Å². The summed E-state index contributed by atoms with van der Waals surface area (Å²) in [5.41, 5.74) is 7.80. The Hall–Kier alpha value is 0.490. The van der Waals surface area contributed by atoms with Crippen LogP contribution in [0.1, 0.15) is 38.2 Å². The predicted molar refractivity (Wildman–Crippen MR) is 88.1 cm³/mol. The van der Waals surface area contributed by atoms with E-state index >= 15 is 0 Å². The molecule has 3 atom stereocenters. The maximum absolute atomic E-state index is 6.45. The van der Waals surface area contributed by atoms with Crippen LogP contribution in [0.25, 0.3) is 0 Å². The number of hydrogen-bond donors (Lipinski definition) is 1. The van der Waals surface area contributed by atoms with Gasteiger partial charge in [-0.25, -0.2) is 0 Å². The fraction of sp³-hybridized carbons (Fsp3) is 0.571. The maximum atomic E-state index is 6.45. The normalized spacial score (nSPS) is 28.8. The molecule has 1 aliphatic rings. The van der Waals surface area contributed by atoms with E-state index < -0.39 is 0 Å². The summed E-state index contributed by atoms with van der Waals surface area (Å²) in [6.07, 6.45) is 4.56. The van der Waals surface area contributed by atoms with Gasteiger partial charge in [0, 0.05) is 15.4 Å². The van der Waals surface area contributed by atoms with E-state index in [9.17, 15) is 0 Å². The van der Waals surface area contributed by atoms with E-state index in [4.69, 9.17) is 28.9 Å². The number of rotatable bonds is 4. The average Bonchev–Trinajstić information content (AvgIpc) is 2.33. The van der Waals surface area contributed by atoms with Crippen molar-refractivity contribution in [2.24, 2.45) is 5.73 Å². The summed E-state index contributed by atoms with van der Waals surface area (Å²) in [7, 11) is 0. The SMILES string of the molecule is CCCC(N)C1(c2ccc(Cl)c(Cl)c2)CCC1I. The minimum Gasteiger partial charge on any atom is -0.327 e. The van der Waals surface area contributed by atoms with Gasteiger partial charge in [-0.1, -0.05) is 65.2 Å². The van der Waals surface area contributed by atoms with Crippen LogP contribution < -0.4 is 5.73 Å². The van der Waals surface area contributed by atoms with Crippen molar-refractivity contribution in [1.82, 2.24) is 0 Å². The molecule has 0 aromatic heterocycles. The first-order valence-electron chi connectivity index (χ1n) is 6.37. The van der Waals surface area contributed by atoms with Gasteiger partial charge in [-0.2, -0.15) is 0 Å². The molecule has 1 saturated carbocycles. The third kappa shape index (κ3) is 2.41. The zero-order valence-electron chi connectivity index (χ0n) is 10.4. The highest BCUT2D eigenvalue weighted by molar-refractivity contribution is 14.1. The highest BCUT2D eigenvalue weighted by Gasteiger charge is 2.50. The molecular formula is C14H18Cl2IN. The van der Waals surface area contributed by atoms with Gasteiger partial charge < -0.3 is 5.73 Å². The molecule has 1 fully saturated rings. The molecule has 4 heteroatoms. The summed E-state index contributed by atoms with van der Waals surface area (Å²) in [5, 5.41) is 1.25. The largest absolute Gasteiger partial charge is 0.327 e. The second kappa shape index (κ2) is 5.86. The fourth-order valence-corrected chi connectivity index (χ4v) is 4.62. The van der Waals surface area contributed by atoms with E-state index in [0.717, 1.165) is 19.3 Å². The fourth-order valence-electron chi connectivity index (χ4n) is 2.88. The zero-order valence-corrected chi connectivity index (χ0v) is 14.1. The highest BCUT2D eigenvalue weighted by atomic mass is 127. The van der Waals surface area contributed by atoms with Crippen LogP contribution in [0.2, 0.25) is 10.0 Å². The summed E-state index contributed by atoms with van der Waals surface area (Å²) < 4.78 is 0.592. The molecule has 1 nitrogen and oxygen atoms in total. The Balaban J connectivity index is 2.38. The third-order valence-electron chi connectivity index (χ3n) is 4.09. The lowest BCUT2D eigenvalue weighted by Gasteiger charge is -2.51. The number of benzene rings is 1. The quantitative estimate of drug-likeness (QED) is 0.564. The smallest absolute Gasteiger partial charge is 0.0595 e. The second-order valence-corrected chi connectivity index (χ2v) is 7.39. The van der Waals surface area contributed by atoms with Gasteiger partial charge >= 0.3 is 0 Å². The van der Waals surface area contributed by atoms with Gasteiger partial charge in [-0.05, 0) is 37.0 Å². The Morgan fingerprint density at radius 1 is 1.44 bits per heavy atom. The van der Waals surface area contributed by atoms with Crippen molar-refractivity contribution in [3.8, 4) is 0 Å². The molecule has 0 aliphatic heterocycles. The zero-order chi connectivity index (χ0) is 13.3. The summed E-state index contributed by atoms with van der Waals surface area (Å²) in [6.45, 7) is 2.18. The molecule has 0 heterocycles. The van der Waals surface area contributed by atoms with E-state index in [-0.39, 0.29) is 11.5 Å². The van der Waals surface area contributed by atoms with Crippen LogP contribution in [0, 0.1) is 0 Å². The molecule has 1 aliphatic carbocycles. The van der Waals surface area contributed by atoms with E-state index in [0.29, 0.717) is 14.0 Å². The summed E-state index contributed by atoms with van der Waals surface area (Å²) in [4.78, 5) is 0. The van der Waals surface area contributed by atoms with E-state index in [1.54, 1.807) is 0 Å². The molecule has 2 N–H and O–H groups in total. The molecule has 2 rings (SSSR count). The summed E-state index contributed by atoms with van der Waals surface area (Å²) in [6, 6.07) is 6.19. The lowest BCUT2D eigenvalue weighted by Crippen LogP contribution is -2.57. The summed E-state index contributed by atoms with van der Waals surface area (Å²) >= 11 is 14.7. The van der Waals surface area contributed by atoms with Crippen molar-refractivity contribution in [2.45, 2.75) is 48.0 Å². The number of hydrogen-bond acceptors (Lipinski definition) is 1. The van der Waals surface area contributed by atoms with E-state index in [2.05, 4.69) is 35.6 Å². The molecule has 0 bridgehead atoms. The Kier molecular flexibility index (Phi) is 4.85. The minimum atomic E-state index is 0.0881. The van der Waals surface area contributed by atoms with Crippen molar-refractivity contribution >= 4 is 45.8 Å². The monoisotopic (exact) mass is 397 g/mol. The molecule has 100 valence electrons. The Morgan fingerprint density at radius 3 is 2.61 bits per heavy atom. The van der Waals surface area contributed by atoms with Crippen LogP contribution in [0.3, 0.4) is 0 Å². The van der Waals surface area contributed by atoms with Gasteiger partial charge in [0.15, 0.2) is 0 Å². The number of alkyl halides is 1. The predicted octanol–water partition coefficient (Wildman–Crippen LogP) is 4.96. The number of halogens is 3. The standard InChI is InChI=1S/C14H18Cl2IN/c1-2-3-13(18)14(7-6-12(14)17)9-4-5-10(15)11(16)8-9/h4-5,8,12-13H,2-3,6-7,18H2,1H3. The molecule has 18 heavy (non-hydrogen) atoms. The van der Waals surface area contributed by atoms with Crippen LogP contribution >= 0.6 is 45.8 Å². The Bertz CT molecular complexity index is 438. The lowest BCUT2D eigenvalue weighted by molar-refractivity contribution is 0.209. The average molecular weight is 398 g/mol. The number of nitrogens with two attached hydrogens (primary N) is 1.